The molecule has 0 unspecified atom stereocenters. The molecule has 88 valence electrons. The molecule has 2 aromatic rings. The average Bonchev–Trinajstić information content (AvgIpc) is 2.31. The molecular formula is C11H7Cl3N2O. The summed E-state index contributed by atoms with van der Waals surface area (Å²) in [6.07, 6.45) is 1.32. The highest BCUT2D eigenvalue weighted by molar-refractivity contribution is 6.42. The molecular weight excluding hydrogens is 282 g/mol. The summed E-state index contributed by atoms with van der Waals surface area (Å²) < 4.78 is 5.55. The van der Waals surface area contributed by atoms with E-state index in [0.29, 0.717) is 32.4 Å². The minimum atomic E-state index is 0.336. The van der Waals surface area contributed by atoms with Crippen LogP contribution in [0.1, 0.15) is 5.56 Å². The summed E-state index contributed by atoms with van der Waals surface area (Å²) in [6, 6.07) is 5.11. The average molecular weight is 290 g/mol. The zero-order chi connectivity index (χ0) is 12.4. The van der Waals surface area contributed by atoms with Gasteiger partial charge in [-0.15, -0.1) is 0 Å². The van der Waals surface area contributed by atoms with E-state index in [-0.39, 0.29) is 0 Å². The fourth-order valence-corrected chi connectivity index (χ4v) is 1.64. The zero-order valence-corrected chi connectivity index (χ0v) is 11.0. The molecule has 0 saturated heterocycles. The smallest absolute Gasteiger partial charge is 0.226 e. The molecule has 0 aliphatic heterocycles. The van der Waals surface area contributed by atoms with Crippen LogP contribution < -0.4 is 4.74 Å². The minimum absolute atomic E-state index is 0.336. The second-order valence-electron chi connectivity index (χ2n) is 3.25. The lowest BCUT2D eigenvalue weighted by Crippen LogP contribution is -1.94. The molecule has 1 heterocycles. The van der Waals surface area contributed by atoms with Crippen LogP contribution in [0.25, 0.3) is 0 Å². The number of halogens is 3. The largest absolute Gasteiger partial charge is 0.437 e. The Hall–Kier alpha value is -1.03. The monoisotopic (exact) mass is 288 g/mol. The first kappa shape index (κ1) is 12.4. The van der Waals surface area contributed by atoms with Crippen molar-refractivity contribution in [3.63, 3.8) is 0 Å². The quantitative estimate of drug-likeness (QED) is 0.761. The first-order valence-electron chi connectivity index (χ1n) is 4.68. The third-order valence-electron chi connectivity index (χ3n) is 2.10. The molecule has 1 aromatic heterocycles. The summed E-state index contributed by atoms with van der Waals surface area (Å²) in [5.74, 6) is 0.784. The molecule has 0 aliphatic carbocycles. The van der Waals surface area contributed by atoms with E-state index < -0.39 is 0 Å². The van der Waals surface area contributed by atoms with Gasteiger partial charge < -0.3 is 4.74 Å². The van der Waals surface area contributed by atoms with Gasteiger partial charge in [-0.25, -0.2) is 9.97 Å². The van der Waals surface area contributed by atoms with Gasteiger partial charge in [0, 0.05) is 5.56 Å². The highest BCUT2D eigenvalue weighted by Gasteiger charge is 2.11. The van der Waals surface area contributed by atoms with Crippen molar-refractivity contribution in [1.29, 1.82) is 0 Å². The third kappa shape index (κ3) is 2.63. The van der Waals surface area contributed by atoms with Crippen LogP contribution in [0, 0.1) is 6.92 Å². The van der Waals surface area contributed by atoms with E-state index >= 15 is 0 Å². The van der Waals surface area contributed by atoms with Gasteiger partial charge >= 0.3 is 0 Å². The molecule has 1 aromatic carbocycles. The molecule has 0 radical (unpaired) electrons. The van der Waals surface area contributed by atoms with Crippen LogP contribution in [0.3, 0.4) is 0 Å². The molecule has 0 N–H and O–H groups in total. The van der Waals surface area contributed by atoms with Gasteiger partial charge in [0.1, 0.15) is 22.3 Å². The van der Waals surface area contributed by atoms with Crippen molar-refractivity contribution in [2.45, 2.75) is 6.92 Å². The maximum Gasteiger partial charge on any atom is 0.226 e. The number of benzene rings is 1. The van der Waals surface area contributed by atoms with Crippen LogP contribution in [0.15, 0.2) is 24.5 Å². The Kier molecular flexibility index (Phi) is 3.72. The van der Waals surface area contributed by atoms with Crippen molar-refractivity contribution in [2.24, 2.45) is 0 Å². The summed E-state index contributed by atoms with van der Waals surface area (Å²) in [5.41, 5.74) is 0.644. The topological polar surface area (TPSA) is 35.0 Å². The van der Waals surface area contributed by atoms with Crippen LogP contribution in [0.2, 0.25) is 15.2 Å². The highest BCUT2D eigenvalue weighted by Crippen LogP contribution is 2.35. The first-order valence-corrected chi connectivity index (χ1v) is 5.82. The molecule has 0 aliphatic rings. The maximum absolute atomic E-state index is 6.00. The summed E-state index contributed by atoms with van der Waals surface area (Å²) in [4.78, 5) is 7.82. The molecule has 6 heteroatoms. The molecule has 0 atom stereocenters. The Labute approximate surface area is 113 Å². The predicted molar refractivity (Wildman–Crippen MR) is 68.3 cm³/mol. The Morgan fingerprint density at radius 3 is 2.65 bits per heavy atom. The lowest BCUT2D eigenvalue weighted by molar-refractivity contribution is 0.457. The van der Waals surface area contributed by atoms with Gasteiger partial charge in [0.15, 0.2) is 0 Å². The van der Waals surface area contributed by atoms with Crippen molar-refractivity contribution < 1.29 is 4.74 Å². The molecule has 0 fully saturated rings. The van der Waals surface area contributed by atoms with Gasteiger partial charge in [-0.3, -0.25) is 0 Å². The van der Waals surface area contributed by atoms with Crippen molar-refractivity contribution in [2.75, 3.05) is 0 Å². The molecule has 0 bridgehead atoms. The summed E-state index contributed by atoms with van der Waals surface area (Å²) >= 11 is 17.7. The number of rotatable bonds is 2. The van der Waals surface area contributed by atoms with E-state index in [2.05, 4.69) is 9.97 Å². The Bertz CT molecular complexity index is 511. The van der Waals surface area contributed by atoms with E-state index in [0.717, 1.165) is 0 Å². The summed E-state index contributed by atoms with van der Waals surface area (Å²) in [5, 5.41) is 1.10. The number of hydrogen-bond acceptors (Lipinski definition) is 3. The standard InChI is InChI=1S/C11H7Cl3N2O/c1-6-10(14)15-5-16-11(6)17-8-4-2-3-7(12)9(8)13/h2-5H,1H3. The van der Waals surface area contributed by atoms with Crippen LogP contribution in [-0.2, 0) is 0 Å². The summed E-state index contributed by atoms with van der Waals surface area (Å²) in [6.45, 7) is 1.76. The van der Waals surface area contributed by atoms with Crippen molar-refractivity contribution in [3.8, 4) is 11.6 Å². The van der Waals surface area contributed by atoms with Gasteiger partial charge in [-0.05, 0) is 19.1 Å². The van der Waals surface area contributed by atoms with Gasteiger partial charge in [0.2, 0.25) is 5.88 Å². The Balaban J connectivity index is 2.38. The van der Waals surface area contributed by atoms with E-state index in [1.165, 1.54) is 6.33 Å². The normalized spacial score (nSPS) is 10.4. The second kappa shape index (κ2) is 5.08. The number of ether oxygens (including phenoxy) is 1. The maximum atomic E-state index is 6.00. The van der Waals surface area contributed by atoms with E-state index in [4.69, 9.17) is 39.5 Å². The van der Waals surface area contributed by atoms with Gasteiger partial charge in [0.05, 0.1) is 5.02 Å². The van der Waals surface area contributed by atoms with E-state index in [1.807, 2.05) is 0 Å². The van der Waals surface area contributed by atoms with Crippen molar-refractivity contribution >= 4 is 34.8 Å². The number of hydrogen-bond donors (Lipinski definition) is 0. The second-order valence-corrected chi connectivity index (χ2v) is 4.39. The van der Waals surface area contributed by atoms with Crippen LogP contribution in [0.5, 0.6) is 11.6 Å². The predicted octanol–water partition coefficient (Wildman–Crippen LogP) is 4.54. The molecule has 2 rings (SSSR count). The van der Waals surface area contributed by atoms with E-state index in [9.17, 15) is 0 Å². The van der Waals surface area contributed by atoms with Crippen LogP contribution in [0.4, 0.5) is 0 Å². The molecule has 0 amide bonds. The lowest BCUT2D eigenvalue weighted by atomic mass is 10.3. The van der Waals surface area contributed by atoms with Gasteiger partial charge in [-0.2, -0.15) is 0 Å². The highest BCUT2D eigenvalue weighted by atomic mass is 35.5. The van der Waals surface area contributed by atoms with Crippen molar-refractivity contribution in [3.05, 3.63) is 45.3 Å². The van der Waals surface area contributed by atoms with Crippen LogP contribution in [-0.4, -0.2) is 9.97 Å². The SMILES string of the molecule is Cc1c(Cl)ncnc1Oc1cccc(Cl)c1Cl. The number of aromatic nitrogens is 2. The van der Waals surface area contributed by atoms with Crippen LogP contribution >= 0.6 is 34.8 Å². The third-order valence-corrected chi connectivity index (χ3v) is 3.28. The first-order chi connectivity index (χ1) is 8.09. The molecule has 17 heavy (non-hydrogen) atoms. The summed E-state index contributed by atoms with van der Waals surface area (Å²) in [7, 11) is 0. The minimum Gasteiger partial charge on any atom is -0.437 e. The molecule has 0 spiro atoms. The fourth-order valence-electron chi connectivity index (χ4n) is 1.18. The molecule has 0 saturated carbocycles. The zero-order valence-electron chi connectivity index (χ0n) is 8.75. The molecule has 3 nitrogen and oxygen atoms in total. The Morgan fingerprint density at radius 2 is 1.88 bits per heavy atom. The van der Waals surface area contributed by atoms with Gasteiger partial charge in [-0.1, -0.05) is 40.9 Å². The van der Waals surface area contributed by atoms with E-state index in [1.54, 1.807) is 25.1 Å². The fraction of sp³-hybridized carbons (Fsp3) is 0.0909. The lowest BCUT2D eigenvalue weighted by Gasteiger charge is -2.09. The van der Waals surface area contributed by atoms with Gasteiger partial charge in [0.25, 0.3) is 0 Å². The van der Waals surface area contributed by atoms with Crippen molar-refractivity contribution in [1.82, 2.24) is 9.97 Å². The number of nitrogens with zero attached hydrogens (tertiary/aromatic N) is 2. The Morgan fingerprint density at radius 1 is 1.12 bits per heavy atom.